The number of rotatable bonds is 12. The van der Waals surface area contributed by atoms with Crippen molar-refractivity contribution in [3.8, 4) is 5.75 Å². The van der Waals surface area contributed by atoms with Gasteiger partial charge in [0.05, 0.1) is 13.2 Å². The molecule has 4 heteroatoms. The first-order valence-electron chi connectivity index (χ1n) is 10.1. The van der Waals surface area contributed by atoms with Crippen molar-refractivity contribution < 1.29 is 9.53 Å². The molecular formula is C23H32N2O2. The van der Waals surface area contributed by atoms with E-state index in [1.54, 1.807) is 0 Å². The van der Waals surface area contributed by atoms with Crippen molar-refractivity contribution >= 4 is 17.3 Å². The van der Waals surface area contributed by atoms with Crippen molar-refractivity contribution in [2.24, 2.45) is 0 Å². The van der Waals surface area contributed by atoms with Crippen molar-refractivity contribution in [2.45, 2.75) is 46.0 Å². The minimum atomic E-state index is -0.0229. The predicted octanol–water partition coefficient (Wildman–Crippen LogP) is 5.50. The summed E-state index contributed by atoms with van der Waals surface area (Å²) in [5.74, 6) is 0.827. The van der Waals surface area contributed by atoms with Crippen molar-refractivity contribution in [1.29, 1.82) is 0 Å². The molecule has 0 aliphatic rings. The number of carbonyl (C=O) groups is 1. The van der Waals surface area contributed by atoms with Crippen LogP contribution in [0, 0.1) is 0 Å². The minimum absolute atomic E-state index is 0.0229. The number of nitrogens with one attached hydrogen (secondary N) is 1. The number of nitrogens with zero attached hydrogens (tertiary/aromatic N) is 1. The van der Waals surface area contributed by atoms with Crippen LogP contribution in [-0.4, -0.2) is 25.6 Å². The van der Waals surface area contributed by atoms with Gasteiger partial charge in [0.1, 0.15) is 5.75 Å². The van der Waals surface area contributed by atoms with E-state index < -0.39 is 0 Å². The summed E-state index contributed by atoms with van der Waals surface area (Å²) >= 11 is 0. The van der Waals surface area contributed by atoms with Crippen LogP contribution in [0.4, 0.5) is 11.4 Å². The zero-order valence-corrected chi connectivity index (χ0v) is 16.6. The molecule has 0 spiro atoms. The molecule has 0 atom stereocenters. The average molecular weight is 369 g/mol. The van der Waals surface area contributed by atoms with Gasteiger partial charge in [-0.15, -0.1) is 0 Å². The molecule has 2 aromatic rings. The Hall–Kier alpha value is -2.49. The fourth-order valence-corrected chi connectivity index (χ4v) is 2.93. The molecule has 1 amide bonds. The van der Waals surface area contributed by atoms with Gasteiger partial charge in [0.15, 0.2) is 0 Å². The second-order valence-corrected chi connectivity index (χ2v) is 6.68. The fraction of sp³-hybridized carbons (Fsp3) is 0.435. The summed E-state index contributed by atoms with van der Waals surface area (Å²) in [7, 11) is 0. The van der Waals surface area contributed by atoms with E-state index in [4.69, 9.17) is 4.74 Å². The quantitative estimate of drug-likeness (QED) is 0.503. The van der Waals surface area contributed by atoms with Crippen molar-refractivity contribution in [3.63, 3.8) is 0 Å². The Morgan fingerprint density at radius 2 is 1.63 bits per heavy atom. The van der Waals surface area contributed by atoms with Gasteiger partial charge in [-0.1, -0.05) is 50.8 Å². The molecule has 0 fully saturated rings. The lowest BCUT2D eigenvalue weighted by atomic mass is 10.2. The lowest BCUT2D eigenvalue weighted by Crippen LogP contribution is -2.33. The van der Waals surface area contributed by atoms with E-state index in [0.717, 1.165) is 36.7 Å². The molecule has 0 saturated carbocycles. The van der Waals surface area contributed by atoms with Gasteiger partial charge < -0.3 is 15.0 Å². The molecule has 0 heterocycles. The monoisotopic (exact) mass is 368 g/mol. The normalized spacial score (nSPS) is 10.4. The maximum absolute atomic E-state index is 12.4. The summed E-state index contributed by atoms with van der Waals surface area (Å²) in [6, 6.07) is 17.6. The highest BCUT2D eigenvalue weighted by Gasteiger charge is 2.10. The lowest BCUT2D eigenvalue weighted by Gasteiger charge is -2.22. The number of carbonyl (C=O) groups excluding carboxylic acids is 1. The molecule has 0 saturated heterocycles. The molecule has 0 aliphatic carbocycles. The van der Waals surface area contributed by atoms with Gasteiger partial charge in [0.2, 0.25) is 5.91 Å². The van der Waals surface area contributed by atoms with Crippen LogP contribution in [0.25, 0.3) is 0 Å². The number of benzene rings is 2. The molecule has 2 aromatic carbocycles. The number of ether oxygens (including phenoxy) is 1. The van der Waals surface area contributed by atoms with Crippen molar-refractivity contribution in [3.05, 3.63) is 54.6 Å². The summed E-state index contributed by atoms with van der Waals surface area (Å²) in [6.45, 7) is 6.13. The Bertz CT molecular complexity index is 656. The average Bonchev–Trinajstić information content (AvgIpc) is 2.70. The smallest absolute Gasteiger partial charge is 0.243 e. The molecule has 0 unspecified atom stereocenters. The van der Waals surface area contributed by atoms with E-state index in [-0.39, 0.29) is 5.91 Å². The number of likely N-dealkylation sites (N-methyl/N-ethyl adjacent to an activating group) is 1. The molecule has 146 valence electrons. The van der Waals surface area contributed by atoms with E-state index >= 15 is 0 Å². The van der Waals surface area contributed by atoms with Crippen LogP contribution in [0.1, 0.15) is 46.0 Å². The van der Waals surface area contributed by atoms with Gasteiger partial charge in [-0.2, -0.15) is 0 Å². The van der Waals surface area contributed by atoms with Gasteiger partial charge >= 0.3 is 0 Å². The van der Waals surface area contributed by atoms with Crippen molar-refractivity contribution in [1.82, 2.24) is 0 Å². The molecular weight excluding hydrogens is 336 g/mol. The predicted molar refractivity (Wildman–Crippen MR) is 114 cm³/mol. The summed E-state index contributed by atoms with van der Waals surface area (Å²) < 4.78 is 5.77. The Labute approximate surface area is 163 Å². The Balaban J connectivity index is 1.75. The van der Waals surface area contributed by atoms with Crippen LogP contribution in [0.15, 0.2) is 54.6 Å². The first-order valence-corrected chi connectivity index (χ1v) is 10.1. The number of para-hydroxylation sites is 1. The van der Waals surface area contributed by atoms with Crippen molar-refractivity contribution in [2.75, 3.05) is 29.9 Å². The highest BCUT2D eigenvalue weighted by Crippen LogP contribution is 2.17. The highest BCUT2D eigenvalue weighted by molar-refractivity contribution is 5.94. The number of hydrogen-bond acceptors (Lipinski definition) is 3. The number of hydrogen-bond donors (Lipinski definition) is 1. The van der Waals surface area contributed by atoms with Crippen LogP contribution < -0.4 is 15.0 Å². The fourth-order valence-electron chi connectivity index (χ4n) is 2.93. The van der Waals surface area contributed by atoms with Gasteiger partial charge in [-0.25, -0.2) is 0 Å². The zero-order chi connectivity index (χ0) is 19.3. The van der Waals surface area contributed by atoms with Gasteiger partial charge in [-0.05, 0) is 49.7 Å². The Kier molecular flexibility index (Phi) is 9.25. The van der Waals surface area contributed by atoms with E-state index in [2.05, 4.69) is 19.2 Å². The maximum Gasteiger partial charge on any atom is 0.243 e. The first-order chi connectivity index (χ1) is 13.2. The number of amides is 1. The largest absolute Gasteiger partial charge is 0.494 e. The molecule has 27 heavy (non-hydrogen) atoms. The molecule has 0 aromatic heterocycles. The van der Waals surface area contributed by atoms with E-state index in [1.807, 2.05) is 59.5 Å². The Morgan fingerprint density at radius 1 is 0.926 bits per heavy atom. The lowest BCUT2D eigenvalue weighted by molar-refractivity contribution is -0.115. The van der Waals surface area contributed by atoms with Gasteiger partial charge in [-0.3, -0.25) is 4.79 Å². The van der Waals surface area contributed by atoms with E-state index in [0.29, 0.717) is 6.54 Å². The number of unbranched alkanes of at least 4 members (excludes halogenated alkanes) is 4. The standard InChI is InChI=1S/C23H32N2O2/c1-3-5-6-7-11-18-27-22-16-14-20(15-17-22)24-23(26)19-25(4-2)21-12-9-8-10-13-21/h8-10,12-17H,3-7,11,18-19H2,1-2H3,(H,24,26). The second-order valence-electron chi connectivity index (χ2n) is 6.68. The molecule has 0 bridgehead atoms. The molecule has 4 nitrogen and oxygen atoms in total. The first kappa shape index (κ1) is 20.8. The molecule has 0 radical (unpaired) electrons. The Morgan fingerprint density at radius 3 is 2.30 bits per heavy atom. The summed E-state index contributed by atoms with van der Waals surface area (Å²) in [5, 5.41) is 2.96. The van der Waals surface area contributed by atoms with Gasteiger partial charge in [0.25, 0.3) is 0 Å². The van der Waals surface area contributed by atoms with Gasteiger partial charge in [0, 0.05) is 17.9 Å². The zero-order valence-electron chi connectivity index (χ0n) is 16.6. The highest BCUT2D eigenvalue weighted by atomic mass is 16.5. The minimum Gasteiger partial charge on any atom is -0.494 e. The third-order valence-electron chi connectivity index (χ3n) is 4.49. The van der Waals surface area contributed by atoms with E-state index in [9.17, 15) is 4.79 Å². The molecule has 1 N–H and O–H groups in total. The van der Waals surface area contributed by atoms with E-state index in [1.165, 1.54) is 25.7 Å². The van der Waals surface area contributed by atoms with Crippen LogP contribution in [0.2, 0.25) is 0 Å². The van der Waals surface area contributed by atoms with Crippen LogP contribution >= 0.6 is 0 Å². The topological polar surface area (TPSA) is 41.6 Å². The number of anilines is 2. The van der Waals surface area contributed by atoms with Crippen LogP contribution in [-0.2, 0) is 4.79 Å². The van der Waals surface area contributed by atoms with Crippen LogP contribution in [0.3, 0.4) is 0 Å². The third kappa shape index (κ3) is 7.73. The SMILES string of the molecule is CCCCCCCOc1ccc(NC(=O)CN(CC)c2ccccc2)cc1. The summed E-state index contributed by atoms with van der Waals surface area (Å²) in [5.41, 5.74) is 1.84. The molecule has 2 rings (SSSR count). The molecule has 0 aliphatic heterocycles. The van der Waals surface area contributed by atoms with Crippen LogP contribution in [0.5, 0.6) is 5.75 Å². The summed E-state index contributed by atoms with van der Waals surface area (Å²) in [6.07, 6.45) is 6.15. The maximum atomic E-state index is 12.4. The summed E-state index contributed by atoms with van der Waals surface area (Å²) in [4.78, 5) is 14.4. The third-order valence-corrected chi connectivity index (χ3v) is 4.49. The second kappa shape index (κ2) is 12.0.